The molecule has 1 amide bonds. The Bertz CT molecular complexity index is 1050. The van der Waals surface area contributed by atoms with Gasteiger partial charge in [-0.15, -0.1) is 5.10 Å². The fourth-order valence-electron chi connectivity index (χ4n) is 3.60. The predicted molar refractivity (Wildman–Crippen MR) is 117 cm³/mol. The van der Waals surface area contributed by atoms with Gasteiger partial charge in [-0.05, 0) is 68.0 Å². The number of nitrogens with one attached hydrogen (secondary N) is 1. The highest BCUT2D eigenvalue weighted by atomic mass is 32.1. The summed E-state index contributed by atoms with van der Waals surface area (Å²) in [6.45, 7) is 2.04. The number of likely N-dealkylation sites (tertiary alicyclic amines) is 1. The predicted octanol–water partition coefficient (Wildman–Crippen LogP) is 4.19. The quantitative estimate of drug-likeness (QED) is 0.598. The van der Waals surface area contributed by atoms with Crippen molar-refractivity contribution < 1.29 is 13.9 Å². The van der Waals surface area contributed by atoms with Crippen LogP contribution >= 0.6 is 12.2 Å². The first-order valence-electron chi connectivity index (χ1n) is 9.93. The fourth-order valence-corrected chi connectivity index (χ4v) is 3.78. The Morgan fingerprint density at radius 3 is 2.73 bits per heavy atom. The van der Waals surface area contributed by atoms with Crippen molar-refractivity contribution in [1.29, 1.82) is 0 Å². The highest BCUT2D eigenvalue weighted by Gasteiger charge is 2.26. The van der Waals surface area contributed by atoms with Crippen molar-refractivity contribution in [3.8, 4) is 17.2 Å². The fraction of sp³-hybridized carbons (Fsp3) is 0.318. The second kappa shape index (κ2) is 9.23. The van der Waals surface area contributed by atoms with Crippen LogP contribution in [0.5, 0.6) is 5.75 Å². The number of ether oxygens (including phenoxy) is 1. The van der Waals surface area contributed by atoms with Crippen molar-refractivity contribution in [2.75, 3.05) is 25.5 Å². The summed E-state index contributed by atoms with van der Waals surface area (Å²) in [4.78, 5) is 15.2. The molecule has 0 aliphatic carbocycles. The number of amides is 1. The van der Waals surface area contributed by atoms with E-state index in [-0.39, 0.29) is 11.8 Å². The Balaban J connectivity index is 1.40. The van der Waals surface area contributed by atoms with E-state index < -0.39 is 0 Å². The minimum absolute atomic E-state index is 0.0496. The number of nitrogens with zero attached hydrogens (tertiary/aromatic N) is 3. The van der Waals surface area contributed by atoms with E-state index in [1.807, 2.05) is 54.6 Å². The second-order valence-corrected chi connectivity index (χ2v) is 7.66. The molecule has 0 radical (unpaired) electrons. The lowest BCUT2D eigenvalue weighted by molar-refractivity contribution is -0.121. The lowest BCUT2D eigenvalue weighted by Crippen LogP contribution is -2.41. The molecule has 1 unspecified atom stereocenters. The first-order valence-corrected chi connectivity index (χ1v) is 10.3. The Kier molecular flexibility index (Phi) is 6.25. The zero-order valence-corrected chi connectivity index (χ0v) is 17.6. The van der Waals surface area contributed by atoms with Crippen molar-refractivity contribution in [3.63, 3.8) is 0 Å². The summed E-state index contributed by atoms with van der Waals surface area (Å²) in [6.07, 6.45) is 1.82. The summed E-state index contributed by atoms with van der Waals surface area (Å²) >= 11 is 5.36. The largest absolute Gasteiger partial charge is 0.497 e. The Morgan fingerprint density at radius 1 is 1.23 bits per heavy atom. The zero-order valence-electron chi connectivity index (χ0n) is 16.8. The van der Waals surface area contributed by atoms with Crippen LogP contribution < -0.4 is 10.1 Å². The average molecular weight is 425 g/mol. The molecule has 156 valence electrons. The number of hydrogen-bond acceptors (Lipinski definition) is 6. The lowest BCUT2D eigenvalue weighted by atomic mass is 9.97. The van der Waals surface area contributed by atoms with Crippen LogP contribution in [0.4, 0.5) is 5.69 Å². The van der Waals surface area contributed by atoms with Crippen LogP contribution in [-0.4, -0.2) is 40.8 Å². The number of anilines is 1. The van der Waals surface area contributed by atoms with Crippen LogP contribution in [0.3, 0.4) is 0 Å². The Morgan fingerprint density at radius 2 is 2.00 bits per heavy atom. The van der Waals surface area contributed by atoms with Crippen molar-refractivity contribution in [2.24, 2.45) is 5.92 Å². The average Bonchev–Trinajstić information content (AvgIpc) is 3.15. The van der Waals surface area contributed by atoms with Crippen molar-refractivity contribution in [2.45, 2.75) is 19.5 Å². The molecular weight excluding hydrogens is 400 g/mol. The van der Waals surface area contributed by atoms with Gasteiger partial charge in [-0.3, -0.25) is 9.69 Å². The number of piperidine rings is 1. The lowest BCUT2D eigenvalue weighted by Gasteiger charge is -2.31. The molecule has 4 rings (SSSR count). The summed E-state index contributed by atoms with van der Waals surface area (Å²) in [5.74, 6) is 1.22. The van der Waals surface area contributed by atoms with Gasteiger partial charge in [0.15, 0.2) is 0 Å². The molecule has 1 aromatic heterocycles. The highest BCUT2D eigenvalue weighted by Crippen LogP contribution is 2.23. The molecule has 2 heterocycles. The number of aromatic nitrogens is 2. The molecular formula is C22H24N4O3S. The molecule has 3 aromatic rings. The zero-order chi connectivity index (χ0) is 20.9. The SMILES string of the molecule is COc1ccc(-c2nn(CN3CCCC(C(=O)Nc4ccccc4)C3)c(=S)o2)cc1. The minimum Gasteiger partial charge on any atom is -0.497 e. The number of rotatable bonds is 6. The maximum atomic E-state index is 12.7. The normalized spacial score (nSPS) is 16.9. The third-order valence-corrected chi connectivity index (χ3v) is 5.49. The molecule has 1 fully saturated rings. The van der Waals surface area contributed by atoms with Crippen LogP contribution in [-0.2, 0) is 11.5 Å². The van der Waals surface area contributed by atoms with E-state index in [4.69, 9.17) is 21.4 Å². The van der Waals surface area contributed by atoms with Gasteiger partial charge >= 0.3 is 0 Å². The van der Waals surface area contributed by atoms with E-state index in [0.29, 0.717) is 23.9 Å². The molecule has 30 heavy (non-hydrogen) atoms. The van der Waals surface area contributed by atoms with Gasteiger partial charge in [0, 0.05) is 17.8 Å². The van der Waals surface area contributed by atoms with Crippen molar-refractivity contribution in [3.05, 3.63) is 59.4 Å². The van der Waals surface area contributed by atoms with E-state index in [2.05, 4.69) is 15.3 Å². The third kappa shape index (κ3) is 4.77. The van der Waals surface area contributed by atoms with Crippen molar-refractivity contribution >= 4 is 23.8 Å². The molecule has 1 atom stereocenters. The first kappa shape index (κ1) is 20.3. The van der Waals surface area contributed by atoms with Crippen LogP contribution in [0.1, 0.15) is 12.8 Å². The number of carbonyl (C=O) groups is 1. The smallest absolute Gasteiger partial charge is 0.288 e. The topological polar surface area (TPSA) is 72.5 Å². The van der Waals surface area contributed by atoms with Gasteiger partial charge in [0.1, 0.15) is 5.75 Å². The van der Waals surface area contributed by atoms with Crippen LogP contribution in [0.15, 0.2) is 59.0 Å². The monoisotopic (exact) mass is 424 g/mol. The summed E-state index contributed by atoms with van der Waals surface area (Å²) < 4.78 is 12.5. The minimum atomic E-state index is -0.0684. The summed E-state index contributed by atoms with van der Waals surface area (Å²) in [7, 11) is 1.63. The summed E-state index contributed by atoms with van der Waals surface area (Å²) in [5.41, 5.74) is 1.65. The number of methoxy groups -OCH3 is 1. The molecule has 1 aliphatic heterocycles. The molecule has 1 saturated heterocycles. The van der Waals surface area contributed by atoms with Gasteiger partial charge in [0.05, 0.1) is 19.7 Å². The van der Waals surface area contributed by atoms with Gasteiger partial charge in [-0.25, -0.2) is 4.68 Å². The molecule has 7 nitrogen and oxygen atoms in total. The third-order valence-electron chi connectivity index (χ3n) is 5.19. The van der Waals surface area contributed by atoms with Crippen LogP contribution in [0.2, 0.25) is 0 Å². The molecule has 0 saturated carbocycles. The number of benzene rings is 2. The van der Waals surface area contributed by atoms with E-state index in [1.54, 1.807) is 11.8 Å². The molecule has 1 aliphatic rings. The van der Waals surface area contributed by atoms with Gasteiger partial charge in [-0.1, -0.05) is 18.2 Å². The van der Waals surface area contributed by atoms with E-state index in [0.717, 1.165) is 36.4 Å². The highest BCUT2D eigenvalue weighted by molar-refractivity contribution is 7.71. The molecule has 0 bridgehead atoms. The maximum Gasteiger partial charge on any atom is 0.288 e. The van der Waals surface area contributed by atoms with Crippen molar-refractivity contribution in [1.82, 2.24) is 14.7 Å². The number of para-hydroxylation sites is 1. The van der Waals surface area contributed by atoms with Gasteiger partial charge in [0.2, 0.25) is 11.8 Å². The van der Waals surface area contributed by atoms with Crippen LogP contribution in [0.25, 0.3) is 11.5 Å². The van der Waals surface area contributed by atoms with Gasteiger partial charge in [0.25, 0.3) is 4.84 Å². The first-order chi connectivity index (χ1) is 14.6. The summed E-state index contributed by atoms with van der Waals surface area (Å²) in [6, 6.07) is 17.0. The molecule has 8 heteroatoms. The van der Waals surface area contributed by atoms with E-state index in [9.17, 15) is 4.79 Å². The second-order valence-electron chi connectivity index (χ2n) is 7.31. The Hall–Kier alpha value is -2.97. The number of carbonyl (C=O) groups excluding carboxylic acids is 1. The molecule has 0 spiro atoms. The summed E-state index contributed by atoms with van der Waals surface area (Å²) in [5, 5.41) is 7.54. The van der Waals surface area contributed by atoms with Crippen LogP contribution in [0, 0.1) is 10.8 Å². The standard InChI is InChI=1S/C22H24N4O3S/c1-28-19-11-9-16(10-12-19)21-24-26(22(30)29-21)15-25-13-5-6-17(14-25)20(27)23-18-7-3-2-4-8-18/h2-4,7-12,17H,5-6,13-15H2,1H3,(H,23,27). The molecule has 1 N–H and O–H groups in total. The Labute approximate surface area is 180 Å². The van der Waals surface area contributed by atoms with Gasteiger partial charge < -0.3 is 14.5 Å². The molecule has 2 aromatic carbocycles. The maximum absolute atomic E-state index is 12.7. The van der Waals surface area contributed by atoms with E-state index >= 15 is 0 Å². The number of hydrogen-bond donors (Lipinski definition) is 1. The van der Waals surface area contributed by atoms with Gasteiger partial charge in [-0.2, -0.15) is 0 Å². The van der Waals surface area contributed by atoms with E-state index in [1.165, 1.54) is 0 Å².